The van der Waals surface area contributed by atoms with E-state index in [2.05, 4.69) is 10.6 Å². The van der Waals surface area contributed by atoms with Crippen molar-refractivity contribution < 1.29 is 14.6 Å². The summed E-state index contributed by atoms with van der Waals surface area (Å²) < 4.78 is 5.09. The van der Waals surface area contributed by atoms with E-state index in [0.29, 0.717) is 19.4 Å². The van der Waals surface area contributed by atoms with Crippen LogP contribution in [0.5, 0.6) is 5.75 Å². The van der Waals surface area contributed by atoms with Crippen LogP contribution in [0.1, 0.15) is 32.3 Å². The SMILES string of the molecule is CCC(O)(CC)CNC(=O)NCCc1ccc(OC)cc1. The Balaban J connectivity index is 2.26. The van der Waals surface area contributed by atoms with Gasteiger partial charge in [0.1, 0.15) is 5.75 Å². The molecule has 1 rings (SSSR count). The van der Waals surface area contributed by atoms with Crippen LogP contribution in [0, 0.1) is 0 Å². The van der Waals surface area contributed by atoms with Gasteiger partial charge in [-0.2, -0.15) is 0 Å². The fourth-order valence-corrected chi connectivity index (χ4v) is 1.92. The fourth-order valence-electron chi connectivity index (χ4n) is 1.92. The molecule has 0 bridgehead atoms. The fraction of sp³-hybridized carbons (Fsp3) is 0.562. The van der Waals surface area contributed by atoms with Crippen LogP contribution < -0.4 is 15.4 Å². The molecule has 118 valence electrons. The number of methoxy groups -OCH3 is 1. The Morgan fingerprint density at radius 3 is 2.33 bits per heavy atom. The lowest BCUT2D eigenvalue weighted by Gasteiger charge is -2.25. The highest BCUT2D eigenvalue weighted by atomic mass is 16.5. The highest BCUT2D eigenvalue weighted by Crippen LogP contribution is 2.13. The topological polar surface area (TPSA) is 70.6 Å². The summed E-state index contributed by atoms with van der Waals surface area (Å²) in [5.74, 6) is 0.822. The van der Waals surface area contributed by atoms with Crippen LogP contribution in [0.25, 0.3) is 0 Å². The van der Waals surface area contributed by atoms with E-state index < -0.39 is 5.60 Å². The third-order valence-electron chi connectivity index (χ3n) is 3.75. The van der Waals surface area contributed by atoms with Gasteiger partial charge in [-0.1, -0.05) is 26.0 Å². The van der Waals surface area contributed by atoms with E-state index in [-0.39, 0.29) is 12.6 Å². The van der Waals surface area contributed by atoms with Gasteiger partial charge in [-0.15, -0.1) is 0 Å². The molecule has 0 spiro atoms. The summed E-state index contributed by atoms with van der Waals surface area (Å²) in [5.41, 5.74) is 0.322. The Kier molecular flexibility index (Phi) is 7.02. The first-order valence-corrected chi connectivity index (χ1v) is 7.40. The summed E-state index contributed by atoms with van der Waals surface area (Å²) >= 11 is 0. The van der Waals surface area contributed by atoms with Gasteiger partial charge in [0.2, 0.25) is 0 Å². The number of carbonyl (C=O) groups is 1. The third-order valence-corrected chi connectivity index (χ3v) is 3.75. The summed E-state index contributed by atoms with van der Waals surface area (Å²) in [4.78, 5) is 11.7. The second-order valence-corrected chi connectivity index (χ2v) is 5.14. The number of urea groups is 1. The molecular weight excluding hydrogens is 268 g/mol. The normalized spacial score (nSPS) is 11.0. The number of hydrogen-bond donors (Lipinski definition) is 3. The van der Waals surface area contributed by atoms with Gasteiger partial charge in [0.05, 0.1) is 12.7 Å². The standard InChI is InChI=1S/C16H26N2O3/c1-4-16(20,5-2)12-18-15(19)17-11-10-13-6-8-14(21-3)9-7-13/h6-9,20H,4-5,10-12H2,1-3H3,(H2,17,18,19). The predicted octanol–water partition coefficient (Wildman–Crippen LogP) is 2.09. The summed E-state index contributed by atoms with van der Waals surface area (Å²) in [6.07, 6.45) is 1.99. The molecule has 5 nitrogen and oxygen atoms in total. The second-order valence-electron chi connectivity index (χ2n) is 5.14. The van der Waals surface area contributed by atoms with E-state index >= 15 is 0 Å². The number of carbonyl (C=O) groups excluding carboxylic acids is 1. The van der Waals surface area contributed by atoms with E-state index in [1.165, 1.54) is 0 Å². The minimum Gasteiger partial charge on any atom is -0.497 e. The van der Waals surface area contributed by atoms with Gasteiger partial charge in [0.15, 0.2) is 0 Å². The first-order valence-electron chi connectivity index (χ1n) is 7.40. The van der Waals surface area contributed by atoms with E-state index in [1.807, 2.05) is 38.1 Å². The number of ether oxygens (including phenoxy) is 1. The Labute approximate surface area is 126 Å². The molecule has 0 fully saturated rings. The van der Waals surface area contributed by atoms with Crippen molar-refractivity contribution in [2.75, 3.05) is 20.2 Å². The minimum absolute atomic E-state index is 0.246. The van der Waals surface area contributed by atoms with Crippen molar-refractivity contribution in [3.63, 3.8) is 0 Å². The molecule has 1 aromatic rings. The van der Waals surface area contributed by atoms with Crippen LogP contribution in [0.15, 0.2) is 24.3 Å². The monoisotopic (exact) mass is 294 g/mol. The van der Waals surface area contributed by atoms with Crippen molar-refractivity contribution in [2.24, 2.45) is 0 Å². The minimum atomic E-state index is -0.812. The maximum atomic E-state index is 11.7. The van der Waals surface area contributed by atoms with Crippen LogP contribution in [0.2, 0.25) is 0 Å². The zero-order chi connectivity index (χ0) is 15.7. The van der Waals surface area contributed by atoms with Gasteiger partial charge < -0.3 is 20.5 Å². The lowest BCUT2D eigenvalue weighted by Crippen LogP contribution is -2.46. The Morgan fingerprint density at radius 2 is 1.81 bits per heavy atom. The van der Waals surface area contributed by atoms with E-state index in [9.17, 15) is 9.90 Å². The zero-order valence-electron chi connectivity index (χ0n) is 13.1. The van der Waals surface area contributed by atoms with Gasteiger partial charge in [-0.05, 0) is 37.0 Å². The maximum Gasteiger partial charge on any atom is 0.314 e. The highest BCUT2D eigenvalue weighted by molar-refractivity contribution is 5.73. The lowest BCUT2D eigenvalue weighted by atomic mass is 9.98. The number of nitrogens with one attached hydrogen (secondary N) is 2. The first kappa shape index (κ1) is 17.3. The molecular formula is C16H26N2O3. The molecule has 0 aliphatic carbocycles. The molecule has 0 aliphatic rings. The zero-order valence-corrected chi connectivity index (χ0v) is 13.1. The molecule has 5 heteroatoms. The van der Waals surface area contributed by atoms with Gasteiger partial charge in [-0.25, -0.2) is 4.79 Å². The molecule has 1 aromatic carbocycles. The van der Waals surface area contributed by atoms with Crippen molar-refractivity contribution >= 4 is 6.03 Å². The predicted molar refractivity (Wildman–Crippen MR) is 83.6 cm³/mol. The summed E-state index contributed by atoms with van der Waals surface area (Å²) in [5, 5.41) is 15.6. The molecule has 21 heavy (non-hydrogen) atoms. The van der Waals surface area contributed by atoms with E-state index in [0.717, 1.165) is 17.7 Å². The summed E-state index contributed by atoms with van der Waals surface area (Å²) in [6.45, 7) is 4.64. The molecule has 2 amide bonds. The van der Waals surface area contributed by atoms with Crippen molar-refractivity contribution in [1.82, 2.24) is 10.6 Å². The van der Waals surface area contributed by atoms with Crippen LogP contribution in [-0.4, -0.2) is 36.9 Å². The Bertz CT molecular complexity index is 428. The van der Waals surface area contributed by atoms with Crippen LogP contribution in [-0.2, 0) is 6.42 Å². The molecule has 0 unspecified atom stereocenters. The second kappa shape index (κ2) is 8.52. The van der Waals surface area contributed by atoms with Crippen LogP contribution >= 0.6 is 0 Å². The van der Waals surface area contributed by atoms with Crippen molar-refractivity contribution in [1.29, 1.82) is 0 Å². The van der Waals surface area contributed by atoms with Gasteiger partial charge >= 0.3 is 6.03 Å². The highest BCUT2D eigenvalue weighted by Gasteiger charge is 2.22. The van der Waals surface area contributed by atoms with Gasteiger partial charge in [-0.3, -0.25) is 0 Å². The molecule has 0 aromatic heterocycles. The van der Waals surface area contributed by atoms with Crippen molar-refractivity contribution in [2.45, 2.75) is 38.7 Å². The quantitative estimate of drug-likeness (QED) is 0.687. The average molecular weight is 294 g/mol. The largest absolute Gasteiger partial charge is 0.497 e. The summed E-state index contributed by atoms with van der Waals surface area (Å²) in [6, 6.07) is 7.51. The molecule has 0 heterocycles. The first-order chi connectivity index (χ1) is 10.0. The van der Waals surface area contributed by atoms with E-state index in [4.69, 9.17) is 4.74 Å². The van der Waals surface area contributed by atoms with Crippen molar-refractivity contribution in [3.05, 3.63) is 29.8 Å². The van der Waals surface area contributed by atoms with Crippen LogP contribution in [0.3, 0.4) is 0 Å². The number of aliphatic hydroxyl groups is 1. The molecule has 0 saturated carbocycles. The number of rotatable bonds is 8. The average Bonchev–Trinajstić information content (AvgIpc) is 2.53. The Hall–Kier alpha value is -1.75. The maximum absolute atomic E-state index is 11.7. The molecule has 3 N–H and O–H groups in total. The number of hydrogen-bond acceptors (Lipinski definition) is 3. The summed E-state index contributed by atoms with van der Waals surface area (Å²) in [7, 11) is 1.63. The molecule has 0 atom stereocenters. The Morgan fingerprint density at radius 1 is 1.19 bits per heavy atom. The number of benzene rings is 1. The van der Waals surface area contributed by atoms with Gasteiger partial charge in [0.25, 0.3) is 0 Å². The lowest BCUT2D eigenvalue weighted by molar-refractivity contribution is 0.0349. The molecule has 0 radical (unpaired) electrons. The smallest absolute Gasteiger partial charge is 0.314 e. The molecule has 0 aliphatic heterocycles. The van der Waals surface area contributed by atoms with Crippen LogP contribution in [0.4, 0.5) is 4.79 Å². The van der Waals surface area contributed by atoms with Crippen molar-refractivity contribution in [3.8, 4) is 5.75 Å². The number of amides is 2. The third kappa shape index (κ3) is 6.04. The molecule has 0 saturated heterocycles. The van der Waals surface area contributed by atoms with E-state index in [1.54, 1.807) is 7.11 Å². The van der Waals surface area contributed by atoms with Gasteiger partial charge in [0, 0.05) is 13.1 Å².